The molecule has 5 heteroatoms. The van der Waals surface area contributed by atoms with Crippen molar-refractivity contribution >= 4 is 5.91 Å². The molecule has 0 aliphatic rings. The average molecular weight is 294 g/mol. The molecule has 1 aromatic carbocycles. The largest absolute Gasteiger partial charge is 0.493 e. The molecule has 1 unspecified atom stereocenters. The minimum Gasteiger partial charge on any atom is -0.493 e. The number of nitrogens with one attached hydrogen (secondary N) is 1. The van der Waals surface area contributed by atoms with E-state index in [0.29, 0.717) is 18.0 Å². The van der Waals surface area contributed by atoms with Crippen LogP contribution in [0, 0.1) is 0 Å². The van der Waals surface area contributed by atoms with Crippen LogP contribution >= 0.6 is 0 Å². The van der Waals surface area contributed by atoms with Gasteiger partial charge in [-0.2, -0.15) is 0 Å². The van der Waals surface area contributed by atoms with Crippen LogP contribution in [0.25, 0.3) is 0 Å². The highest BCUT2D eigenvalue weighted by Gasteiger charge is 2.17. The molecule has 0 bridgehead atoms. The summed E-state index contributed by atoms with van der Waals surface area (Å²) in [6.07, 6.45) is 1.43. The Hall–Kier alpha value is -1.75. The molecule has 0 aliphatic carbocycles. The number of carbonyl (C=O) groups excluding carboxylic acids is 1. The molecule has 21 heavy (non-hydrogen) atoms. The molecule has 2 atom stereocenters. The first kappa shape index (κ1) is 17.3. The van der Waals surface area contributed by atoms with Gasteiger partial charge in [0.25, 0.3) is 5.91 Å². The van der Waals surface area contributed by atoms with Gasteiger partial charge >= 0.3 is 0 Å². The topological polar surface area (TPSA) is 73.6 Å². The van der Waals surface area contributed by atoms with Crippen molar-refractivity contribution < 1.29 is 14.3 Å². The van der Waals surface area contributed by atoms with E-state index in [1.165, 1.54) is 0 Å². The van der Waals surface area contributed by atoms with E-state index in [9.17, 15) is 4.79 Å². The molecule has 5 nitrogen and oxygen atoms in total. The third-order valence-corrected chi connectivity index (χ3v) is 3.22. The van der Waals surface area contributed by atoms with Crippen molar-refractivity contribution in [1.82, 2.24) is 5.32 Å². The van der Waals surface area contributed by atoms with Crippen LogP contribution in [-0.4, -0.2) is 25.7 Å². The van der Waals surface area contributed by atoms with Gasteiger partial charge in [0.1, 0.15) is 0 Å². The quantitative estimate of drug-likeness (QED) is 0.722. The molecule has 0 saturated carbocycles. The van der Waals surface area contributed by atoms with Gasteiger partial charge < -0.3 is 20.5 Å². The molecular weight excluding hydrogens is 268 g/mol. The van der Waals surface area contributed by atoms with E-state index in [0.717, 1.165) is 18.4 Å². The van der Waals surface area contributed by atoms with Crippen molar-refractivity contribution in [2.45, 2.75) is 45.8 Å². The number of carbonyl (C=O) groups is 1. The minimum atomic E-state index is -0.572. The van der Waals surface area contributed by atoms with E-state index in [-0.39, 0.29) is 11.9 Å². The first-order chi connectivity index (χ1) is 9.99. The zero-order valence-electron chi connectivity index (χ0n) is 13.3. The van der Waals surface area contributed by atoms with Gasteiger partial charge in [0.2, 0.25) is 0 Å². The van der Waals surface area contributed by atoms with Crippen LogP contribution in [0.3, 0.4) is 0 Å². The summed E-state index contributed by atoms with van der Waals surface area (Å²) in [7, 11) is 1.57. The van der Waals surface area contributed by atoms with Crippen molar-refractivity contribution in [2.75, 3.05) is 13.7 Å². The normalized spacial score (nSPS) is 13.4. The lowest BCUT2D eigenvalue weighted by Gasteiger charge is -2.18. The predicted octanol–water partition coefficient (Wildman–Crippen LogP) is 2.40. The standard InChI is InChI=1S/C16H26N2O3/c1-5-6-9-18-16(19)12(3)21-14-8-7-13(11(2)17)10-15(14)20-4/h7-8,10-12H,5-6,9,17H2,1-4H3,(H,18,19)/t11-,12?/m1/s1. The molecule has 3 N–H and O–H groups in total. The number of ether oxygens (including phenoxy) is 2. The molecule has 0 heterocycles. The van der Waals surface area contributed by atoms with Crippen molar-refractivity contribution in [3.8, 4) is 11.5 Å². The highest BCUT2D eigenvalue weighted by molar-refractivity contribution is 5.80. The molecule has 0 aromatic heterocycles. The Morgan fingerprint density at radius 1 is 1.33 bits per heavy atom. The van der Waals surface area contributed by atoms with Crippen LogP contribution in [0.4, 0.5) is 0 Å². The van der Waals surface area contributed by atoms with E-state index in [4.69, 9.17) is 15.2 Å². The van der Waals surface area contributed by atoms with Gasteiger partial charge in [-0.3, -0.25) is 4.79 Å². The average Bonchev–Trinajstić information content (AvgIpc) is 2.47. The summed E-state index contributed by atoms with van der Waals surface area (Å²) in [4.78, 5) is 11.9. The SMILES string of the molecule is CCCCNC(=O)C(C)Oc1ccc([C@@H](C)N)cc1OC. The van der Waals surface area contributed by atoms with Crippen molar-refractivity contribution in [3.63, 3.8) is 0 Å². The van der Waals surface area contributed by atoms with Crippen molar-refractivity contribution in [2.24, 2.45) is 5.73 Å². The van der Waals surface area contributed by atoms with Gasteiger partial charge in [-0.25, -0.2) is 0 Å². The molecule has 0 saturated heterocycles. The molecule has 0 aliphatic heterocycles. The summed E-state index contributed by atoms with van der Waals surface area (Å²) in [5.41, 5.74) is 6.80. The summed E-state index contributed by atoms with van der Waals surface area (Å²) in [6, 6.07) is 5.42. The Balaban J connectivity index is 2.71. The number of unbranched alkanes of at least 4 members (excludes halogenated alkanes) is 1. The Bertz CT molecular complexity index is 461. The Kier molecular flexibility index (Phi) is 7.02. The van der Waals surface area contributed by atoms with Crippen LogP contribution in [-0.2, 0) is 4.79 Å². The van der Waals surface area contributed by atoms with Crippen LogP contribution in [0.15, 0.2) is 18.2 Å². The Morgan fingerprint density at radius 3 is 2.62 bits per heavy atom. The van der Waals surface area contributed by atoms with Gasteiger partial charge in [-0.15, -0.1) is 0 Å². The van der Waals surface area contributed by atoms with Gasteiger partial charge in [0.15, 0.2) is 17.6 Å². The smallest absolute Gasteiger partial charge is 0.260 e. The molecular formula is C16H26N2O3. The zero-order valence-corrected chi connectivity index (χ0v) is 13.3. The maximum Gasteiger partial charge on any atom is 0.260 e. The number of rotatable bonds is 8. The first-order valence-corrected chi connectivity index (χ1v) is 7.37. The third kappa shape index (κ3) is 5.27. The number of amides is 1. The van der Waals surface area contributed by atoms with Crippen LogP contribution in [0.2, 0.25) is 0 Å². The predicted molar refractivity (Wildman–Crippen MR) is 83.6 cm³/mol. The molecule has 118 valence electrons. The molecule has 0 fully saturated rings. The summed E-state index contributed by atoms with van der Waals surface area (Å²) >= 11 is 0. The number of methoxy groups -OCH3 is 1. The molecule has 1 aromatic rings. The number of benzene rings is 1. The minimum absolute atomic E-state index is 0.0808. The van der Waals surface area contributed by atoms with Crippen molar-refractivity contribution in [3.05, 3.63) is 23.8 Å². The van der Waals surface area contributed by atoms with Crippen molar-refractivity contribution in [1.29, 1.82) is 0 Å². The van der Waals surface area contributed by atoms with Gasteiger partial charge in [-0.1, -0.05) is 19.4 Å². The lowest BCUT2D eigenvalue weighted by molar-refractivity contribution is -0.127. The van der Waals surface area contributed by atoms with E-state index in [1.807, 2.05) is 19.1 Å². The van der Waals surface area contributed by atoms with E-state index in [1.54, 1.807) is 20.1 Å². The molecule has 0 radical (unpaired) electrons. The fourth-order valence-electron chi connectivity index (χ4n) is 1.84. The van der Waals surface area contributed by atoms with Gasteiger partial charge in [0.05, 0.1) is 7.11 Å². The number of nitrogens with two attached hydrogens (primary N) is 1. The van der Waals surface area contributed by atoms with Crippen LogP contribution in [0.5, 0.6) is 11.5 Å². The first-order valence-electron chi connectivity index (χ1n) is 7.37. The second-order valence-corrected chi connectivity index (χ2v) is 5.10. The molecule has 1 amide bonds. The summed E-state index contributed by atoms with van der Waals surface area (Å²) in [5.74, 6) is 1.000. The fourth-order valence-corrected chi connectivity index (χ4v) is 1.84. The molecule has 0 spiro atoms. The number of hydrogen-bond donors (Lipinski definition) is 2. The number of hydrogen-bond acceptors (Lipinski definition) is 4. The fraction of sp³-hybridized carbons (Fsp3) is 0.562. The lowest BCUT2D eigenvalue weighted by atomic mass is 10.1. The maximum atomic E-state index is 11.9. The lowest BCUT2D eigenvalue weighted by Crippen LogP contribution is -2.36. The monoisotopic (exact) mass is 294 g/mol. The highest BCUT2D eigenvalue weighted by atomic mass is 16.5. The Morgan fingerprint density at radius 2 is 2.05 bits per heavy atom. The third-order valence-electron chi connectivity index (χ3n) is 3.22. The van der Waals surface area contributed by atoms with Gasteiger partial charge in [0, 0.05) is 12.6 Å². The second kappa shape index (κ2) is 8.52. The molecule has 1 rings (SSSR count). The van der Waals surface area contributed by atoms with Gasteiger partial charge in [-0.05, 0) is 38.0 Å². The van der Waals surface area contributed by atoms with Crippen LogP contribution < -0.4 is 20.5 Å². The van der Waals surface area contributed by atoms with Crippen LogP contribution in [0.1, 0.15) is 45.2 Å². The highest BCUT2D eigenvalue weighted by Crippen LogP contribution is 2.30. The Labute approximate surface area is 126 Å². The summed E-state index contributed by atoms with van der Waals surface area (Å²) in [6.45, 7) is 6.38. The van der Waals surface area contributed by atoms with E-state index >= 15 is 0 Å². The summed E-state index contributed by atoms with van der Waals surface area (Å²) in [5, 5.41) is 2.85. The van der Waals surface area contributed by atoms with E-state index in [2.05, 4.69) is 12.2 Å². The second-order valence-electron chi connectivity index (χ2n) is 5.10. The summed E-state index contributed by atoms with van der Waals surface area (Å²) < 4.78 is 11.0. The van der Waals surface area contributed by atoms with E-state index < -0.39 is 6.10 Å². The zero-order chi connectivity index (χ0) is 15.8. The maximum absolute atomic E-state index is 11.9.